The summed E-state index contributed by atoms with van der Waals surface area (Å²) in [6, 6.07) is 5.15. The van der Waals surface area contributed by atoms with Gasteiger partial charge in [-0.25, -0.2) is 13.4 Å². The first-order valence-electron chi connectivity index (χ1n) is 9.17. The van der Waals surface area contributed by atoms with E-state index in [-0.39, 0.29) is 10.8 Å². The molecule has 8 heteroatoms. The summed E-state index contributed by atoms with van der Waals surface area (Å²) in [5.41, 5.74) is 1.92. The van der Waals surface area contributed by atoms with Crippen molar-refractivity contribution >= 4 is 21.1 Å². The Morgan fingerprint density at radius 1 is 1.19 bits per heavy atom. The van der Waals surface area contributed by atoms with Crippen molar-refractivity contribution in [3.63, 3.8) is 0 Å². The lowest BCUT2D eigenvalue weighted by molar-refractivity contribution is 0.462. The van der Waals surface area contributed by atoms with Gasteiger partial charge < -0.3 is 4.57 Å². The molecule has 3 aromatic rings. The zero-order valence-electron chi connectivity index (χ0n) is 15.5. The van der Waals surface area contributed by atoms with E-state index in [0.29, 0.717) is 19.0 Å². The topological polar surface area (TPSA) is 81.0 Å². The summed E-state index contributed by atoms with van der Waals surface area (Å²) in [5.74, 6) is 1.48. The molecule has 0 aromatic carbocycles. The summed E-state index contributed by atoms with van der Waals surface area (Å²) in [7, 11) is -3.52. The maximum atomic E-state index is 12.9. The van der Waals surface area contributed by atoms with Gasteiger partial charge in [0.15, 0.2) is 0 Å². The largest absolute Gasteiger partial charge is 0.326 e. The minimum Gasteiger partial charge on any atom is -0.326 e. The highest BCUT2D eigenvalue weighted by Crippen LogP contribution is 2.32. The predicted molar refractivity (Wildman–Crippen MR) is 103 cm³/mol. The predicted octanol–water partition coefficient (Wildman–Crippen LogP) is 2.66. The Kier molecular flexibility index (Phi) is 4.69. The number of pyridine rings is 2. The van der Waals surface area contributed by atoms with E-state index in [9.17, 15) is 8.42 Å². The molecular formula is C19H23N5O2S. The number of imidazole rings is 1. The minimum atomic E-state index is -3.52. The van der Waals surface area contributed by atoms with Gasteiger partial charge in [-0.15, -0.1) is 0 Å². The van der Waals surface area contributed by atoms with Crippen LogP contribution in [0.2, 0.25) is 0 Å². The molecule has 1 atom stereocenters. The average Bonchev–Trinajstić information content (AvgIpc) is 3.28. The van der Waals surface area contributed by atoms with Gasteiger partial charge in [0.2, 0.25) is 10.0 Å². The molecule has 1 aliphatic rings. The van der Waals surface area contributed by atoms with Gasteiger partial charge in [0.1, 0.15) is 10.7 Å². The monoisotopic (exact) mass is 385 g/mol. The summed E-state index contributed by atoms with van der Waals surface area (Å²) < 4.78 is 29.5. The SMILES string of the molecule is CC(C)Cn1c([C@@H]2CCN(S(=O)(=O)c3cccnc3)C2)nc2ccncc21. The molecule has 0 spiro atoms. The van der Waals surface area contributed by atoms with Gasteiger partial charge in [0.25, 0.3) is 0 Å². The van der Waals surface area contributed by atoms with Gasteiger partial charge in [-0.05, 0) is 30.5 Å². The molecule has 4 heterocycles. The van der Waals surface area contributed by atoms with Crippen LogP contribution in [0.1, 0.15) is 32.0 Å². The van der Waals surface area contributed by atoms with Crippen molar-refractivity contribution in [2.75, 3.05) is 13.1 Å². The zero-order valence-corrected chi connectivity index (χ0v) is 16.3. The molecule has 3 aromatic heterocycles. The van der Waals surface area contributed by atoms with Crippen molar-refractivity contribution in [3.8, 4) is 0 Å². The quantitative estimate of drug-likeness (QED) is 0.674. The molecule has 0 radical (unpaired) electrons. The third-order valence-corrected chi connectivity index (χ3v) is 6.76. The average molecular weight is 385 g/mol. The summed E-state index contributed by atoms with van der Waals surface area (Å²) in [5, 5.41) is 0. The van der Waals surface area contributed by atoms with E-state index < -0.39 is 10.0 Å². The molecule has 0 aliphatic carbocycles. The number of aromatic nitrogens is 4. The Bertz CT molecular complexity index is 1050. The van der Waals surface area contributed by atoms with E-state index in [1.54, 1.807) is 28.8 Å². The molecule has 7 nitrogen and oxygen atoms in total. The Morgan fingerprint density at radius 3 is 2.74 bits per heavy atom. The first-order chi connectivity index (χ1) is 13.0. The van der Waals surface area contributed by atoms with Gasteiger partial charge in [-0.3, -0.25) is 9.97 Å². The molecule has 142 valence electrons. The van der Waals surface area contributed by atoms with Crippen LogP contribution in [0.4, 0.5) is 0 Å². The van der Waals surface area contributed by atoms with Gasteiger partial charge in [-0.1, -0.05) is 13.8 Å². The van der Waals surface area contributed by atoms with Crippen LogP contribution < -0.4 is 0 Å². The third kappa shape index (κ3) is 3.35. The maximum absolute atomic E-state index is 12.9. The number of rotatable bonds is 5. The van der Waals surface area contributed by atoms with Crippen molar-refractivity contribution in [2.45, 2.75) is 37.6 Å². The van der Waals surface area contributed by atoms with Gasteiger partial charge in [-0.2, -0.15) is 4.31 Å². The van der Waals surface area contributed by atoms with Crippen LogP contribution in [0.3, 0.4) is 0 Å². The van der Waals surface area contributed by atoms with Crippen molar-refractivity contribution in [2.24, 2.45) is 5.92 Å². The second-order valence-electron chi connectivity index (χ2n) is 7.38. The Hall–Kier alpha value is -2.32. The van der Waals surface area contributed by atoms with Crippen LogP contribution in [0.15, 0.2) is 47.9 Å². The summed E-state index contributed by atoms with van der Waals surface area (Å²) in [6.45, 7) is 6.10. The second kappa shape index (κ2) is 7.01. The molecule has 1 saturated heterocycles. The van der Waals surface area contributed by atoms with Crippen LogP contribution in [0, 0.1) is 5.92 Å². The fourth-order valence-corrected chi connectivity index (χ4v) is 5.13. The number of nitrogens with zero attached hydrogens (tertiary/aromatic N) is 5. The smallest absolute Gasteiger partial charge is 0.244 e. The fourth-order valence-electron chi connectivity index (χ4n) is 3.66. The highest BCUT2D eigenvalue weighted by atomic mass is 32.2. The van der Waals surface area contributed by atoms with Crippen LogP contribution in [0.5, 0.6) is 0 Å². The Morgan fingerprint density at radius 2 is 2.00 bits per heavy atom. The van der Waals surface area contributed by atoms with Crippen LogP contribution >= 0.6 is 0 Å². The lowest BCUT2D eigenvalue weighted by Crippen LogP contribution is -2.29. The van der Waals surface area contributed by atoms with Gasteiger partial charge in [0.05, 0.1) is 17.2 Å². The van der Waals surface area contributed by atoms with E-state index in [1.807, 2.05) is 12.3 Å². The van der Waals surface area contributed by atoms with Crippen molar-refractivity contribution in [3.05, 3.63) is 48.8 Å². The van der Waals surface area contributed by atoms with Crippen molar-refractivity contribution in [1.29, 1.82) is 0 Å². The zero-order chi connectivity index (χ0) is 19.0. The van der Waals surface area contributed by atoms with Crippen LogP contribution in [0.25, 0.3) is 11.0 Å². The standard InChI is InChI=1S/C19H23N5O2S/c1-14(2)12-24-18-11-21-8-5-17(18)22-19(24)15-6-9-23(13-15)27(25,26)16-4-3-7-20-10-16/h3-5,7-8,10-11,14-15H,6,9,12-13H2,1-2H3/t15-/m1/s1. The van der Waals surface area contributed by atoms with Gasteiger partial charge >= 0.3 is 0 Å². The maximum Gasteiger partial charge on any atom is 0.244 e. The molecule has 0 N–H and O–H groups in total. The molecule has 4 rings (SSSR count). The number of fused-ring (bicyclic) bond motifs is 1. The summed E-state index contributed by atoms with van der Waals surface area (Å²) >= 11 is 0. The number of sulfonamides is 1. The first kappa shape index (κ1) is 18.1. The van der Waals surface area contributed by atoms with Crippen molar-refractivity contribution < 1.29 is 8.42 Å². The van der Waals surface area contributed by atoms with Gasteiger partial charge in [0, 0.05) is 44.1 Å². The lowest BCUT2D eigenvalue weighted by Gasteiger charge is -2.18. The van der Waals surface area contributed by atoms with Crippen molar-refractivity contribution in [1.82, 2.24) is 23.8 Å². The van der Waals surface area contributed by atoms with Crippen LogP contribution in [-0.4, -0.2) is 45.3 Å². The highest BCUT2D eigenvalue weighted by Gasteiger charge is 2.35. The first-order valence-corrected chi connectivity index (χ1v) is 10.6. The van der Waals surface area contributed by atoms with E-state index in [1.165, 1.54) is 6.20 Å². The van der Waals surface area contributed by atoms with E-state index >= 15 is 0 Å². The second-order valence-corrected chi connectivity index (χ2v) is 9.31. The number of hydrogen-bond donors (Lipinski definition) is 0. The summed E-state index contributed by atoms with van der Waals surface area (Å²) in [6.07, 6.45) is 7.32. The minimum absolute atomic E-state index is 0.0718. The third-order valence-electron chi connectivity index (χ3n) is 4.92. The van der Waals surface area contributed by atoms with E-state index in [0.717, 1.165) is 29.8 Å². The molecule has 0 unspecified atom stereocenters. The molecule has 0 bridgehead atoms. The Balaban J connectivity index is 1.66. The van der Waals surface area contributed by atoms with Crippen LogP contribution in [-0.2, 0) is 16.6 Å². The molecule has 0 saturated carbocycles. The highest BCUT2D eigenvalue weighted by molar-refractivity contribution is 7.89. The molecule has 1 aliphatic heterocycles. The molecule has 0 amide bonds. The van der Waals surface area contributed by atoms with E-state index in [2.05, 4.69) is 28.4 Å². The molecular weight excluding hydrogens is 362 g/mol. The molecule has 27 heavy (non-hydrogen) atoms. The van der Waals surface area contributed by atoms with E-state index in [4.69, 9.17) is 4.98 Å². The fraction of sp³-hybridized carbons (Fsp3) is 0.421. The molecule has 1 fully saturated rings. The summed E-state index contributed by atoms with van der Waals surface area (Å²) in [4.78, 5) is 13.3. The Labute approximate surface area is 159 Å². The lowest BCUT2D eigenvalue weighted by atomic mass is 10.1. The number of hydrogen-bond acceptors (Lipinski definition) is 5. The normalized spacial score (nSPS) is 18.6.